The summed E-state index contributed by atoms with van der Waals surface area (Å²) in [5, 5.41) is 21.6. The van der Waals surface area contributed by atoms with Gasteiger partial charge < -0.3 is 10.4 Å². The SMILES string of the molecule is N#C/C(=C\c1cccc(O)c1)C(=O)Nc1cccc(Cl)c1Cl. The molecule has 0 radical (unpaired) electrons. The number of nitriles is 1. The Morgan fingerprint density at radius 2 is 1.95 bits per heavy atom. The summed E-state index contributed by atoms with van der Waals surface area (Å²) in [7, 11) is 0. The van der Waals surface area contributed by atoms with Crippen LogP contribution in [0.5, 0.6) is 5.75 Å². The molecule has 2 rings (SSSR count). The minimum absolute atomic E-state index is 0.0457. The van der Waals surface area contributed by atoms with Gasteiger partial charge >= 0.3 is 0 Å². The molecule has 0 aliphatic heterocycles. The Bertz CT molecular complexity index is 795. The largest absolute Gasteiger partial charge is 0.508 e. The molecule has 22 heavy (non-hydrogen) atoms. The normalized spacial score (nSPS) is 10.9. The molecule has 0 aliphatic carbocycles. The number of carbonyl (C=O) groups is 1. The summed E-state index contributed by atoms with van der Waals surface area (Å²) >= 11 is 11.9. The van der Waals surface area contributed by atoms with Crippen LogP contribution >= 0.6 is 23.2 Å². The van der Waals surface area contributed by atoms with E-state index in [0.29, 0.717) is 16.3 Å². The number of amides is 1. The number of hydrogen-bond acceptors (Lipinski definition) is 3. The van der Waals surface area contributed by atoms with E-state index in [9.17, 15) is 9.90 Å². The van der Waals surface area contributed by atoms with Crippen molar-refractivity contribution < 1.29 is 9.90 Å². The number of phenols is 1. The monoisotopic (exact) mass is 332 g/mol. The number of benzene rings is 2. The van der Waals surface area contributed by atoms with E-state index >= 15 is 0 Å². The third kappa shape index (κ3) is 3.79. The average Bonchev–Trinajstić information content (AvgIpc) is 2.49. The molecule has 2 N–H and O–H groups in total. The zero-order chi connectivity index (χ0) is 16.1. The fourth-order valence-corrected chi connectivity index (χ4v) is 2.07. The van der Waals surface area contributed by atoms with Crippen LogP contribution in [0.1, 0.15) is 5.56 Å². The van der Waals surface area contributed by atoms with Gasteiger partial charge in [-0.25, -0.2) is 0 Å². The predicted octanol–water partition coefficient (Wildman–Crippen LogP) is 4.24. The first-order valence-electron chi connectivity index (χ1n) is 6.17. The summed E-state index contributed by atoms with van der Waals surface area (Å²) < 4.78 is 0. The van der Waals surface area contributed by atoms with E-state index in [1.54, 1.807) is 30.3 Å². The second-order valence-electron chi connectivity index (χ2n) is 4.32. The Morgan fingerprint density at radius 3 is 2.64 bits per heavy atom. The lowest BCUT2D eigenvalue weighted by Gasteiger charge is -2.07. The lowest BCUT2D eigenvalue weighted by Crippen LogP contribution is -2.13. The molecule has 0 saturated heterocycles. The van der Waals surface area contributed by atoms with Crippen LogP contribution < -0.4 is 5.32 Å². The van der Waals surface area contributed by atoms with Crippen LogP contribution in [0.25, 0.3) is 6.08 Å². The van der Waals surface area contributed by atoms with Gasteiger partial charge in [-0.05, 0) is 35.9 Å². The standard InChI is InChI=1S/C16H10Cl2N2O2/c17-13-5-2-6-14(15(13)18)20-16(22)11(9-19)7-10-3-1-4-12(21)8-10/h1-8,21H,(H,20,22)/b11-7+. The maximum Gasteiger partial charge on any atom is 0.266 e. The molecule has 0 fully saturated rings. The van der Waals surface area contributed by atoms with Crippen molar-refractivity contribution in [2.45, 2.75) is 0 Å². The Labute approximate surface area is 137 Å². The third-order valence-corrected chi connectivity index (χ3v) is 3.56. The fraction of sp³-hybridized carbons (Fsp3) is 0. The molecule has 4 nitrogen and oxygen atoms in total. The van der Waals surface area contributed by atoms with Crippen LogP contribution in [0.2, 0.25) is 10.0 Å². The van der Waals surface area contributed by atoms with E-state index in [1.165, 1.54) is 18.2 Å². The smallest absolute Gasteiger partial charge is 0.266 e. The van der Waals surface area contributed by atoms with Gasteiger partial charge in [-0.3, -0.25) is 4.79 Å². The number of carbonyl (C=O) groups excluding carboxylic acids is 1. The van der Waals surface area contributed by atoms with Crippen molar-refractivity contribution in [2.75, 3.05) is 5.32 Å². The third-order valence-electron chi connectivity index (χ3n) is 2.75. The van der Waals surface area contributed by atoms with Crippen molar-refractivity contribution in [2.24, 2.45) is 0 Å². The van der Waals surface area contributed by atoms with Crippen LogP contribution in [0, 0.1) is 11.3 Å². The van der Waals surface area contributed by atoms with Crippen LogP contribution in [0.15, 0.2) is 48.0 Å². The predicted molar refractivity (Wildman–Crippen MR) is 86.8 cm³/mol. The van der Waals surface area contributed by atoms with Gasteiger partial charge in [0.1, 0.15) is 17.4 Å². The summed E-state index contributed by atoms with van der Waals surface area (Å²) in [4.78, 5) is 12.1. The zero-order valence-electron chi connectivity index (χ0n) is 11.2. The molecule has 2 aromatic rings. The van der Waals surface area contributed by atoms with Gasteiger partial charge in [-0.15, -0.1) is 0 Å². The first-order chi connectivity index (χ1) is 10.5. The van der Waals surface area contributed by atoms with Gasteiger partial charge in [0.25, 0.3) is 5.91 Å². The first kappa shape index (κ1) is 15.9. The minimum Gasteiger partial charge on any atom is -0.508 e. The number of nitrogens with zero attached hydrogens (tertiary/aromatic N) is 1. The van der Waals surface area contributed by atoms with Gasteiger partial charge in [-0.1, -0.05) is 41.4 Å². The Morgan fingerprint density at radius 1 is 1.23 bits per heavy atom. The first-order valence-corrected chi connectivity index (χ1v) is 6.93. The van der Waals surface area contributed by atoms with Gasteiger partial charge in [0.2, 0.25) is 0 Å². The second kappa shape index (κ2) is 6.99. The quantitative estimate of drug-likeness (QED) is 0.652. The van der Waals surface area contributed by atoms with Crippen molar-refractivity contribution in [3.63, 3.8) is 0 Å². The summed E-state index contributed by atoms with van der Waals surface area (Å²) in [6.45, 7) is 0. The lowest BCUT2D eigenvalue weighted by atomic mass is 10.1. The summed E-state index contributed by atoms with van der Waals surface area (Å²) in [5.74, 6) is -0.570. The molecule has 110 valence electrons. The van der Waals surface area contributed by atoms with Crippen molar-refractivity contribution in [1.29, 1.82) is 5.26 Å². The molecule has 0 bridgehead atoms. The number of halogens is 2. The molecule has 6 heteroatoms. The summed E-state index contributed by atoms with van der Waals surface area (Å²) in [6.07, 6.45) is 1.37. The molecule has 0 spiro atoms. The number of nitrogens with one attached hydrogen (secondary N) is 1. The van der Waals surface area contributed by atoms with Crippen LogP contribution in [-0.4, -0.2) is 11.0 Å². The highest BCUT2D eigenvalue weighted by atomic mass is 35.5. The van der Waals surface area contributed by atoms with Gasteiger partial charge in [0, 0.05) is 0 Å². The number of rotatable bonds is 3. The Kier molecular flexibility index (Phi) is 5.05. The van der Waals surface area contributed by atoms with E-state index in [2.05, 4.69) is 5.32 Å². The van der Waals surface area contributed by atoms with E-state index in [4.69, 9.17) is 28.5 Å². The molecule has 0 unspecified atom stereocenters. The molecule has 2 aromatic carbocycles. The molecule has 0 atom stereocenters. The highest BCUT2D eigenvalue weighted by Crippen LogP contribution is 2.29. The Hall–Kier alpha value is -2.48. The average molecular weight is 333 g/mol. The fourth-order valence-electron chi connectivity index (χ4n) is 1.72. The van der Waals surface area contributed by atoms with E-state index in [1.807, 2.05) is 6.07 Å². The highest BCUT2D eigenvalue weighted by molar-refractivity contribution is 6.44. The number of aromatic hydroxyl groups is 1. The second-order valence-corrected chi connectivity index (χ2v) is 5.11. The van der Waals surface area contributed by atoms with Crippen molar-refractivity contribution >= 4 is 40.9 Å². The molecule has 0 aromatic heterocycles. The molecule has 0 aliphatic rings. The summed E-state index contributed by atoms with van der Waals surface area (Å²) in [6, 6.07) is 12.8. The maximum absolute atomic E-state index is 12.1. The van der Waals surface area contributed by atoms with Crippen LogP contribution in [-0.2, 0) is 4.79 Å². The number of phenolic OH excluding ortho intramolecular Hbond substituents is 1. The molecule has 1 amide bonds. The number of anilines is 1. The maximum atomic E-state index is 12.1. The van der Waals surface area contributed by atoms with Crippen molar-refractivity contribution in [3.8, 4) is 11.8 Å². The van der Waals surface area contributed by atoms with Gasteiger partial charge in [-0.2, -0.15) is 5.26 Å². The van der Waals surface area contributed by atoms with Gasteiger partial charge in [0.15, 0.2) is 0 Å². The molecular weight excluding hydrogens is 323 g/mol. The zero-order valence-corrected chi connectivity index (χ0v) is 12.7. The number of hydrogen-bond donors (Lipinski definition) is 2. The topological polar surface area (TPSA) is 73.1 Å². The van der Waals surface area contributed by atoms with E-state index in [0.717, 1.165) is 0 Å². The molecular formula is C16H10Cl2N2O2. The van der Waals surface area contributed by atoms with Crippen molar-refractivity contribution in [3.05, 3.63) is 63.6 Å². The van der Waals surface area contributed by atoms with Crippen LogP contribution in [0.3, 0.4) is 0 Å². The molecule has 0 saturated carbocycles. The van der Waals surface area contributed by atoms with Crippen molar-refractivity contribution in [1.82, 2.24) is 0 Å². The van der Waals surface area contributed by atoms with Crippen LogP contribution in [0.4, 0.5) is 5.69 Å². The lowest BCUT2D eigenvalue weighted by molar-refractivity contribution is -0.112. The van der Waals surface area contributed by atoms with E-state index < -0.39 is 5.91 Å². The minimum atomic E-state index is -0.616. The highest BCUT2D eigenvalue weighted by Gasteiger charge is 2.12. The Balaban J connectivity index is 2.26. The van der Waals surface area contributed by atoms with E-state index in [-0.39, 0.29) is 16.3 Å². The van der Waals surface area contributed by atoms with Gasteiger partial charge in [0.05, 0.1) is 15.7 Å². The molecule has 0 heterocycles. The summed E-state index contributed by atoms with van der Waals surface area (Å²) in [5.41, 5.74) is 0.724.